The van der Waals surface area contributed by atoms with Gasteiger partial charge in [0.1, 0.15) is 0 Å². The van der Waals surface area contributed by atoms with Crippen LogP contribution in [0.1, 0.15) is 0 Å². The third-order valence-electron chi connectivity index (χ3n) is 13.9. The number of benzene rings is 15. The summed E-state index contributed by atoms with van der Waals surface area (Å²) < 4.78 is 0. The summed E-state index contributed by atoms with van der Waals surface area (Å²) in [5.41, 5.74) is 0. The lowest BCUT2D eigenvalue weighted by atomic mass is 9.91. The maximum atomic E-state index is 2.27. The van der Waals surface area contributed by atoms with E-state index in [1.807, 2.05) is 0 Å². The average molecular weight is 835 g/mol. The number of hydrogen-bond donors (Lipinski definition) is 0. The Hall–Kier alpha value is -8.58. The van der Waals surface area contributed by atoms with Gasteiger partial charge in [0.25, 0.3) is 0 Å². The molecular weight excluding hydrogens is 793 g/mol. The first-order chi connectivity index (χ1) is 32.8. The molecule has 0 heteroatoms. The minimum Gasteiger partial charge on any atom is -0.0616 e. The lowest BCUT2D eigenvalue weighted by Crippen LogP contribution is -1.84. The fourth-order valence-corrected chi connectivity index (χ4v) is 10.9. The Morgan fingerprint density at radius 3 is 0.758 bits per heavy atom. The highest BCUT2D eigenvalue weighted by atomic mass is 14.1. The summed E-state index contributed by atoms with van der Waals surface area (Å²) in [6.45, 7) is 0. The maximum absolute atomic E-state index is 2.27. The molecule has 0 saturated heterocycles. The van der Waals surface area contributed by atoms with Crippen molar-refractivity contribution in [2.75, 3.05) is 0 Å². The van der Waals surface area contributed by atoms with E-state index in [1.165, 1.54) is 129 Å². The summed E-state index contributed by atoms with van der Waals surface area (Å²) in [5, 5.41) is 31.9. The van der Waals surface area contributed by atoms with Crippen molar-refractivity contribution < 1.29 is 0 Å². The second kappa shape index (κ2) is 15.6. The molecule has 0 amide bonds. The molecule has 306 valence electrons. The van der Waals surface area contributed by atoms with E-state index in [1.54, 1.807) is 0 Å². The molecule has 0 aromatic heterocycles. The van der Waals surface area contributed by atoms with Gasteiger partial charge < -0.3 is 0 Å². The van der Waals surface area contributed by atoms with Gasteiger partial charge in [-0.2, -0.15) is 0 Å². The maximum Gasteiger partial charge on any atom is -0.00204 e. The van der Waals surface area contributed by atoms with Crippen LogP contribution in [-0.2, 0) is 0 Å². The highest BCUT2D eigenvalue weighted by Gasteiger charge is 2.12. The normalized spacial score (nSPS) is 11.6. The lowest BCUT2D eigenvalue weighted by molar-refractivity contribution is 1.78. The Morgan fingerprint density at radius 1 is 0.106 bits per heavy atom. The zero-order valence-electron chi connectivity index (χ0n) is 36.2. The Kier molecular flexibility index (Phi) is 8.96. The third-order valence-corrected chi connectivity index (χ3v) is 13.9. The van der Waals surface area contributed by atoms with Crippen LogP contribution in [0, 0.1) is 0 Å². The summed E-state index contributed by atoms with van der Waals surface area (Å²) in [5.74, 6) is 0. The topological polar surface area (TPSA) is 0 Å². The number of hydrogen-bond acceptors (Lipinski definition) is 0. The first kappa shape index (κ1) is 37.9. The predicted octanol–water partition coefficient (Wildman–Crippen LogP) is 18.9. The van der Waals surface area contributed by atoms with Crippen molar-refractivity contribution >= 4 is 129 Å². The molecular formula is C66H42. The van der Waals surface area contributed by atoms with Gasteiger partial charge in [0.05, 0.1) is 0 Å². The van der Waals surface area contributed by atoms with Gasteiger partial charge in [0.15, 0.2) is 0 Å². The zero-order valence-corrected chi connectivity index (χ0v) is 36.2. The van der Waals surface area contributed by atoms with Crippen LogP contribution in [0.15, 0.2) is 255 Å². The zero-order chi connectivity index (χ0) is 43.6. The Balaban J connectivity index is 0.0000000988. The molecule has 0 fully saturated rings. The molecule has 0 bridgehead atoms. The summed E-state index contributed by atoms with van der Waals surface area (Å²) in [4.78, 5) is 0. The molecule has 0 unspecified atom stereocenters. The van der Waals surface area contributed by atoms with Crippen molar-refractivity contribution in [3.05, 3.63) is 255 Å². The summed E-state index contributed by atoms with van der Waals surface area (Å²) in [6, 6.07) is 92.1. The Labute approximate surface area is 382 Å². The quantitative estimate of drug-likeness (QED) is 0.134. The summed E-state index contributed by atoms with van der Waals surface area (Å²) in [7, 11) is 0. The molecule has 0 heterocycles. The highest BCUT2D eigenvalue weighted by molar-refractivity contribution is 6.31. The van der Waals surface area contributed by atoms with E-state index in [-0.39, 0.29) is 0 Å². The van der Waals surface area contributed by atoms with Crippen LogP contribution < -0.4 is 0 Å². The van der Waals surface area contributed by atoms with E-state index in [0.717, 1.165) is 0 Å². The second-order valence-corrected chi connectivity index (χ2v) is 17.5. The van der Waals surface area contributed by atoms with Gasteiger partial charge in [-0.1, -0.05) is 255 Å². The van der Waals surface area contributed by atoms with E-state index >= 15 is 0 Å². The largest absolute Gasteiger partial charge is 0.0616 e. The standard InChI is InChI=1S/3C22H14/c1-3-7-17-15(5-1)9-11-21-19(17)13-14-20-18-8-4-2-6-16(18)10-12-22(20)21;1-3-7-18-15(5-1)11-14-21-20(18)13-12-17-10-9-16-6-2-4-8-19(16)22(17)21;1-2-8-16-15(7-1)13-14-21-19-11-4-3-9-17(19)18-10-5-6-12-20(18)22(16)21/h3*1-14H. The van der Waals surface area contributed by atoms with Crippen LogP contribution in [0.3, 0.4) is 0 Å². The van der Waals surface area contributed by atoms with Crippen LogP contribution in [0.2, 0.25) is 0 Å². The number of rotatable bonds is 0. The minimum atomic E-state index is 1.30. The smallest absolute Gasteiger partial charge is 0.00204 e. The molecule has 0 aliphatic carbocycles. The molecule has 0 aliphatic heterocycles. The highest BCUT2D eigenvalue weighted by Crippen LogP contribution is 2.40. The van der Waals surface area contributed by atoms with Gasteiger partial charge in [-0.25, -0.2) is 0 Å². The van der Waals surface area contributed by atoms with E-state index in [9.17, 15) is 0 Å². The Bertz CT molecular complexity index is 4250. The molecule has 15 rings (SSSR count). The first-order valence-electron chi connectivity index (χ1n) is 22.9. The van der Waals surface area contributed by atoms with Gasteiger partial charge in [-0.3, -0.25) is 0 Å². The molecule has 0 saturated carbocycles. The van der Waals surface area contributed by atoms with Crippen molar-refractivity contribution in [1.82, 2.24) is 0 Å². The van der Waals surface area contributed by atoms with E-state index in [0.29, 0.717) is 0 Å². The van der Waals surface area contributed by atoms with Gasteiger partial charge in [-0.15, -0.1) is 0 Å². The molecule has 0 aliphatic rings. The van der Waals surface area contributed by atoms with Gasteiger partial charge in [-0.05, 0) is 129 Å². The molecule has 0 nitrogen and oxygen atoms in total. The van der Waals surface area contributed by atoms with Crippen LogP contribution in [0.5, 0.6) is 0 Å². The third kappa shape index (κ3) is 6.15. The van der Waals surface area contributed by atoms with Crippen LogP contribution in [-0.4, -0.2) is 0 Å². The lowest BCUT2D eigenvalue weighted by Gasteiger charge is -2.12. The van der Waals surface area contributed by atoms with Crippen molar-refractivity contribution in [2.45, 2.75) is 0 Å². The van der Waals surface area contributed by atoms with Crippen LogP contribution in [0.4, 0.5) is 0 Å². The van der Waals surface area contributed by atoms with E-state index in [4.69, 9.17) is 0 Å². The Morgan fingerprint density at radius 2 is 0.303 bits per heavy atom. The SMILES string of the molecule is c1ccc2c(c1)ccc1c2ccc2c3ccccc3ccc21.c1ccc2c(c1)ccc1c2ccc2ccc3ccccc3c21.c1ccc2c(c1)ccc1c3ccccc3c3ccccc3c21. The van der Waals surface area contributed by atoms with Crippen molar-refractivity contribution in [1.29, 1.82) is 0 Å². The van der Waals surface area contributed by atoms with Gasteiger partial charge in [0, 0.05) is 0 Å². The minimum absolute atomic E-state index is 1.30. The van der Waals surface area contributed by atoms with Crippen molar-refractivity contribution in [3.8, 4) is 0 Å². The molecule has 15 aromatic rings. The van der Waals surface area contributed by atoms with Crippen molar-refractivity contribution in [3.63, 3.8) is 0 Å². The average Bonchev–Trinajstić information content (AvgIpc) is 3.40. The van der Waals surface area contributed by atoms with Crippen LogP contribution in [0.25, 0.3) is 129 Å². The molecule has 0 atom stereocenters. The summed E-state index contributed by atoms with van der Waals surface area (Å²) >= 11 is 0. The molecule has 0 radical (unpaired) electrons. The molecule has 0 spiro atoms. The molecule has 66 heavy (non-hydrogen) atoms. The van der Waals surface area contributed by atoms with Crippen molar-refractivity contribution in [2.24, 2.45) is 0 Å². The second-order valence-electron chi connectivity index (χ2n) is 17.5. The first-order valence-corrected chi connectivity index (χ1v) is 22.9. The van der Waals surface area contributed by atoms with Crippen LogP contribution >= 0.6 is 0 Å². The predicted molar refractivity (Wildman–Crippen MR) is 289 cm³/mol. The monoisotopic (exact) mass is 834 g/mol. The fraction of sp³-hybridized carbons (Fsp3) is 0. The van der Waals surface area contributed by atoms with E-state index < -0.39 is 0 Å². The fourth-order valence-electron chi connectivity index (χ4n) is 10.9. The van der Waals surface area contributed by atoms with Gasteiger partial charge >= 0.3 is 0 Å². The number of fused-ring (bicyclic) bond motifs is 22. The van der Waals surface area contributed by atoms with E-state index in [2.05, 4.69) is 255 Å². The summed E-state index contributed by atoms with van der Waals surface area (Å²) in [6.07, 6.45) is 0. The molecule has 0 N–H and O–H groups in total. The molecule has 15 aromatic carbocycles. The van der Waals surface area contributed by atoms with Gasteiger partial charge in [0.2, 0.25) is 0 Å².